The zero-order chi connectivity index (χ0) is 22.6. The van der Waals surface area contributed by atoms with Gasteiger partial charge in [-0.1, -0.05) is 30.4 Å². The van der Waals surface area contributed by atoms with Crippen molar-refractivity contribution >= 4 is 33.1 Å². The summed E-state index contributed by atoms with van der Waals surface area (Å²) in [6.07, 6.45) is 16.7. The molecule has 2 atom stereocenters. The van der Waals surface area contributed by atoms with Crippen LogP contribution in [0.4, 0.5) is 5.82 Å². The Morgan fingerprint density at radius 3 is 2.76 bits per heavy atom. The number of nitrogens with zero attached hydrogens (tertiary/aromatic N) is 4. The molecule has 33 heavy (non-hydrogen) atoms. The number of nitrogens with two attached hydrogens (primary N) is 1. The Balaban J connectivity index is 1.51. The number of fused-ring (bicyclic) bond motifs is 2. The van der Waals surface area contributed by atoms with Crippen LogP contribution in [0.3, 0.4) is 0 Å². The van der Waals surface area contributed by atoms with Crippen LogP contribution in [0.2, 0.25) is 0 Å². The molecule has 6 rings (SSSR count). The Bertz CT molecular complexity index is 1450. The molecule has 2 aliphatic heterocycles. The summed E-state index contributed by atoms with van der Waals surface area (Å²) in [7, 11) is -3.01. The maximum atomic E-state index is 12.0. The topological polar surface area (TPSA) is 116 Å². The number of nitrogen functional groups attached to an aromatic ring is 1. The van der Waals surface area contributed by atoms with Gasteiger partial charge in [0.2, 0.25) is 0 Å². The molecule has 0 radical (unpaired) electrons. The summed E-state index contributed by atoms with van der Waals surface area (Å²) in [5.41, 5.74) is 10.5. The third kappa shape index (κ3) is 3.43. The molecule has 0 amide bonds. The van der Waals surface area contributed by atoms with E-state index in [4.69, 9.17) is 20.1 Å². The van der Waals surface area contributed by atoms with E-state index in [-0.39, 0.29) is 29.4 Å². The van der Waals surface area contributed by atoms with Gasteiger partial charge in [-0.3, -0.25) is 4.99 Å². The highest BCUT2D eigenvalue weighted by Crippen LogP contribution is 2.39. The summed E-state index contributed by atoms with van der Waals surface area (Å²) >= 11 is 0. The second-order valence-corrected chi connectivity index (χ2v) is 11.0. The third-order valence-electron chi connectivity index (χ3n) is 6.64. The van der Waals surface area contributed by atoms with Crippen molar-refractivity contribution < 1.29 is 12.8 Å². The van der Waals surface area contributed by atoms with Crippen LogP contribution in [0.25, 0.3) is 22.5 Å². The normalized spacial score (nSPS) is 24.2. The van der Waals surface area contributed by atoms with E-state index in [9.17, 15) is 8.42 Å². The molecule has 1 saturated heterocycles. The first-order valence-corrected chi connectivity index (χ1v) is 12.8. The van der Waals surface area contributed by atoms with E-state index in [1.165, 1.54) is 0 Å². The molecule has 1 fully saturated rings. The first-order valence-electron chi connectivity index (χ1n) is 11.0. The Hall–Kier alpha value is -3.46. The van der Waals surface area contributed by atoms with Gasteiger partial charge in [0.1, 0.15) is 21.4 Å². The fraction of sp³-hybridized carbons (Fsp3) is 0.292. The Morgan fingerprint density at radius 2 is 1.97 bits per heavy atom. The molecule has 1 aliphatic carbocycles. The second-order valence-electron chi connectivity index (χ2n) is 8.69. The molecule has 2 unspecified atom stereocenters. The van der Waals surface area contributed by atoms with Crippen LogP contribution in [-0.2, 0) is 9.84 Å². The van der Waals surface area contributed by atoms with E-state index in [0.29, 0.717) is 35.6 Å². The monoisotopic (exact) mass is 461 g/mol. The van der Waals surface area contributed by atoms with Crippen LogP contribution in [0, 0.1) is 5.92 Å². The number of sulfone groups is 1. The highest BCUT2D eigenvalue weighted by Gasteiger charge is 2.31. The lowest BCUT2D eigenvalue weighted by Crippen LogP contribution is -2.24. The maximum Gasteiger partial charge on any atom is 0.165 e. The molecule has 3 aromatic rings. The van der Waals surface area contributed by atoms with Crippen LogP contribution in [0.1, 0.15) is 30.0 Å². The van der Waals surface area contributed by atoms with E-state index in [1.807, 2.05) is 24.4 Å². The van der Waals surface area contributed by atoms with Gasteiger partial charge in [0.15, 0.2) is 5.65 Å². The number of anilines is 1. The van der Waals surface area contributed by atoms with Gasteiger partial charge in [-0.25, -0.2) is 13.4 Å². The lowest BCUT2D eigenvalue weighted by molar-refractivity contribution is 0.542. The Kier molecular flexibility index (Phi) is 4.62. The number of furan rings is 1. The van der Waals surface area contributed by atoms with Gasteiger partial charge in [0.25, 0.3) is 0 Å². The minimum atomic E-state index is -3.01. The summed E-state index contributed by atoms with van der Waals surface area (Å²) in [5, 5.41) is 4.53. The van der Waals surface area contributed by atoms with Crippen LogP contribution >= 0.6 is 0 Å². The van der Waals surface area contributed by atoms with E-state index in [0.717, 1.165) is 16.8 Å². The molecular formula is C24H23N5O3S. The van der Waals surface area contributed by atoms with Gasteiger partial charge in [-0.05, 0) is 25.0 Å². The summed E-state index contributed by atoms with van der Waals surface area (Å²) in [6.45, 7) is 0. The van der Waals surface area contributed by atoms with Crippen molar-refractivity contribution in [3.63, 3.8) is 0 Å². The zero-order valence-corrected chi connectivity index (χ0v) is 18.6. The third-order valence-corrected chi connectivity index (χ3v) is 8.35. The lowest BCUT2D eigenvalue weighted by Gasteiger charge is -2.24. The molecule has 168 valence electrons. The predicted octanol–water partition coefficient (Wildman–Crippen LogP) is 3.44. The van der Waals surface area contributed by atoms with Crippen molar-refractivity contribution in [3.05, 3.63) is 66.2 Å². The van der Waals surface area contributed by atoms with Crippen molar-refractivity contribution in [1.82, 2.24) is 14.6 Å². The molecule has 0 aromatic carbocycles. The molecule has 0 saturated carbocycles. The molecule has 9 heteroatoms. The number of rotatable bonds is 3. The molecule has 8 nitrogen and oxygen atoms in total. The summed E-state index contributed by atoms with van der Waals surface area (Å²) in [6, 6.07) is 3.75. The molecule has 0 bridgehead atoms. The molecule has 5 heterocycles. The van der Waals surface area contributed by atoms with Gasteiger partial charge in [-0.15, -0.1) is 0 Å². The second kappa shape index (κ2) is 7.55. The van der Waals surface area contributed by atoms with Gasteiger partial charge in [0, 0.05) is 29.2 Å². The Labute approximate surface area is 191 Å². The molecule has 3 aliphatic rings. The van der Waals surface area contributed by atoms with Crippen molar-refractivity contribution in [1.29, 1.82) is 0 Å². The number of aliphatic imine (C=N–C) groups is 1. The number of hydrogen-bond donors (Lipinski definition) is 1. The first-order chi connectivity index (χ1) is 16.0. The molecule has 2 N–H and O–H groups in total. The van der Waals surface area contributed by atoms with Crippen molar-refractivity contribution in [2.75, 3.05) is 17.2 Å². The fourth-order valence-corrected chi connectivity index (χ4v) is 6.35. The van der Waals surface area contributed by atoms with Gasteiger partial charge in [-0.2, -0.15) is 9.61 Å². The summed E-state index contributed by atoms with van der Waals surface area (Å²) in [4.78, 5) is 9.73. The van der Waals surface area contributed by atoms with E-state index >= 15 is 0 Å². The van der Waals surface area contributed by atoms with Crippen molar-refractivity contribution in [3.8, 4) is 11.3 Å². The average Bonchev–Trinajstić information content (AvgIpc) is 3.49. The highest BCUT2D eigenvalue weighted by molar-refractivity contribution is 7.91. The minimum Gasteiger partial charge on any atom is -0.464 e. The SMILES string of the molecule is Nc1c(-c2ccco2)c(C2CCS(=O)(=O)CC2)nc2c(C3=CC4C=CC=CC4N=C3)cnn12. The number of hydrogen-bond acceptors (Lipinski definition) is 7. The maximum absolute atomic E-state index is 12.0. The van der Waals surface area contributed by atoms with Crippen LogP contribution in [-0.4, -0.2) is 46.8 Å². The minimum absolute atomic E-state index is 0.0338. The molecule has 0 spiro atoms. The predicted molar refractivity (Wildman–Crippen MR) is 128 cm³/mol. The first kappa shape index (κ1) is 20.2. The molecular weight excluding hydrogens is 438 g/mol. The lowest BCUT2D eigenvalue weighted by atomic mass is 9.90. The van der Waals surface area contributed by atoms with Crippen LogP contribution < -0.4 is 5.73 Å². The van der Waals surface area contributed by atoms with E-state index in [2.05, 4.69) is 23.3 Å². The highest BCUT2D eigenvalue weighted by atomic mass is 32.2. The number of dihydropyridines is 1. The van der Waals surface area contributed by atoms with Gasteiger partial charge in [0.05, 0.1) is 41.3 Å². The van der Waals surface area contributed by atoms with Crippen LogP contribution in [0.5, 0.6) is 0 Å². The summed E-state index contributed by atoms with van der Waals surface area (Å²) in [5.74, 6) is 1.48. The van der Waals surface area contributed by atoms with Crippen LogP contribution in [0.15, 0.2) is 64.4 Å². The van der Waals surface area contributed by atoms with Crippen molar-refractivity contribution in [2.45, 2.75) is 24.8 Å². The van der Waals surface area contributed by atoms with Gasteiger partial charge < -0.3 is 10.2 Å². The molecule has 3 aromatic heterocycles. The average molecular weight is 462 g/mol. The van der Waals surface area contributed by atoms with Crippen molar-refractivity contribution in [2.24, 2.45) is 10.9 Å². The van der Waals surface area contributed by atoms with E-state index < -0.39 is 9.84 Å². The largest absolute Gasteiger partial charge is 0.464 e. The van der Waals surface area contributed by atoms with E-state index in [1.54, 1.807) is 23.0 Å². The fourth-order valence-electron chi connectivity index (χ4n) is 4.86. The standard InChI is InChI=1S/C24H23N5O3S/c25-23-21(20-6-3-9-32-20)22(15-7-10-33(30,31)11-8-15)28-24-18(14-27-29(23)24)17-12-16-4-1-2-5-19(16)26-13-17/h1-6,9,12-16,19H,7-8,10-11,25H2. The zero-order valence-electron chi connectivity index (χ0n) is 17.8. The quantitative estimate of drug-likeness (QED) is 0.639. The van der Waals surface area contributed by atoms with Gasteiger partial charge >= 0.3 is 0 Å². The number of aromatic nitrogens is 3. The number of allylic oxidation sites excluding steroid dienone is 3. The Morgan fingerprint density at radius 1 is 1.15 bits per heavy atom. The summed E-state index contributed by atoms with van der Waals surface area (Å²) < 4.78 is 31.4. The smallest absolute Gasteiger partial charge is 0.165 e.